The summed E-state index contributed by atoms with van der Waals surface area (Å²) in [4.78, 5) is 19.4. The Bertz CT molecular complexity index is 479. The Morgan fingerprint density at radius 1 is 1.50 bits per heavy atom. The van der Waals surface area contributed by atoms with Gasteiger partial charge in [0.25, 0.3) is 0 Å². The van der Waals surface area contributed by atoms with Crippen LogP contribution in [-0.4, -0.2) is 33.7 Å². The van der Waals surface area contributed by atoms with E-state index >= 15 is 0 Å². The van der Waals surface area contributed by atoms with Crippen LogP contribution >= 0.6 is 0 Å². The molecule has 1 aliphatic carbocycles. The van der Waals surface area contributed by atoms with E-state index in [1.807, 2.05) is 13.8 Å². The Kier molecular flexibility index (Phi) is 4.76. The number of hydrogen-bond acceptors (Lipinski definition) is 5. The Balaban J connectivity index is 2.06. The third-order valence-corrected chi connectivity index (χ3v) is 3.68. The summed E-state index contributed by atoms with van der Waals surface area (Å²) >= 11 is 0. The van der Waals surface area contributed by atoms with Crippen LogP contribution in [-0.2, 0) is 4.79 Å². The van der Waals surface area contributed by atoms with Crippen LogP contribution in [0.5, 0.6) is 5.88 Å². The molecule has 0 spiro atoms. The second kappa shape index (κ2) is 6.54. The number of anilines is 1. The molecule has 6 nitrogen and oxygen atoms in total. The van der Waals surface area contributed by atoms with E-state index in [0.717, 1.165) is 30.6 Å². The molecule has 0 aliphatic heterocycles. The molecule has 110 valence electrons. The molecule has 0 radical (unpaired) electrons. The van der Waals surface area contributed by atoms with E-state index in [1.54, 1.807) is 0 Å². The molecule has 0 saturated heterocycles. The molecular formula is C14H21N3O3. The number of hydrogen-bond donors (Lipinski definition) is 2. The highest BCUT2D eigenvalue weighted by Crippen LogP contribution is 2.28. The Labute approximate surface area is 118 Å². The molecule has 1 aromatic heterocycles. The number of carbonyl (C=O) groups is 1. The topological polar surface area (TPSA) is 84.3 Å². The summed E-state index contributed by atoms with van der Waals surface area (Å²) in [6.07, 6.45) is 4.77. The van der Waals surface area contributed by atoms with E-state index < -0.39 is 5.97 Å². The highest BCUT2D eigenvalue weighted by Gasteiger charge is 2.27. The molecule has 20 heavy (non-hydrogen) atoms. The molecule has 0 aromatic carbocycles. The van der Waals surface area contributed by atoms with Crippen LogP contribution in [0.15, 0.2) is 6.33 Å². The average molecular weight is 279 g/mol. The molecule has 1 aromatic rings. The molecule has 2 N–H and O–H groups in total. The predicted octanol–water partition coefficient (Wildman–Crippen LogP) is 2.24. The van der Waals surface area contributed by atoms with E-state index in [0.29, 0.717) is 18.9 Å². The first-order valence-electron chi connectivity index (χ1n) is 7.05. The van der Waals surface area contributed by atoms with Crippen LogP contribution in [0.2, 0.25) is 0 Å². The number of carboxylic acids is 1. The van der Waals surface area contributed by atoms with E-state index in [-0.39, 0.29) is 12.0 Å². The van der Waals surface area contributed by atoms with Crippen molar-refractivity contribution in [3.05, 3.63) is 11.9 Å². The minimum Gasteiger partial charge on any atom is -0.481 e. The lowest BCUT2D eigenvalue weighted by atomic mass is 9.86. The van der Waals surface area contributed by atoms with E-state index in [9.17, 15) is 4.79 Å². The van der Waals surface area contributed by atoms with Crippen molar-refractivity contribution in [2.75, 3.05) is 11.9 Å². The lowest BCUT2D eigenvalue weighted by Crippen LogP contribution is -2.31. The summed E-state index contributed by atoms with van der Waals surface area (Å²) in [5.74, 6) is 0.357. The molecule has 0 bridgehead atoms. The molecule has 1 aliphatic rings. The van der Waals surface area contributed by atoms with Crippen LogP contribution < -0.4 is 10.1 Å². The molecule has 1 saturated carbocycles. The van der Waals surface area contributed by atoms with Gasteiger partial charge in [-0.25, -0.2) is 9.97 Å². The molecule has 0 amide bonds. The van der Waals surface area contributed by atoms with Crippen LogP contribution in [0.3, 0.4) is 0 Å². The van der Waals surface area contributed by atoms with Crippen LogP contribution in [0.25, 0.3) is 0 Å². The van der Waals surface area contributed by atoms with Crippen molar-refractivity contribution in [2.24, 2.45) is 5.92 Å². The summed E-state index contributed by atoms with van der Waals surface area (Å²) in [6, 6.07) is 0.146. The van der Waals surface area contributed by atoms with Gasteiger partial charge in [-0.2, -0.15) is 0 Å². The summed E-state index contributed by atoms with van der Waals surface area (Å²) in [5, 5.41) is 12.5. The minimum atomic E-state index is -0.703. The number of aromatic nitrogens is 2. The maximum Gasteiger partial charge on any atom is 0.306 e. The van der Waals surface area contributed by atoms with Gasteiger partial charge in [0, 0.05) is 6.04 Å². The maximum atomic E-state index is 11.1. The Morgan fingerprint density at radius 2 is 2.30 bits per heavy atom. The highest BCUT2D eigenvalue weighted by molar-refractivity contribution is 5.70. The Morgan fingerprint density at radius 3 is 3.00 bits per heavy atom. The number of aliphatic carboxylic acids is 1. The molecule has 2 unspecified atom stereocenters. The lowest BCUT2D eigenvalue weighted by Gasteiger charge is -2.28. The first kappa shape index (κ1) is 14.6. The van der Waals surface area contributed by atoms with E-state index in [1.165, 1.54) is 6.33 Å². The largest absolute Gasteiger partial charge is 0.481 e. The maximum absolute atomic E-state index is 11.1. The standard InChI is InChI=1S/C14H21N3O3/c1-3-20-13-9(2)12(15-8-16-13)17-11-6-4-5-10(7-11)14(18)19/h8,10-11H,3-7H2,1-2H3,(H,18,19)(H,15,16,17). The van der Waals surface area contributed by atoms with Crippen LogP contribution in [0.4, 0.5) is 5.82 Å². The van der Waals surface area contributed by atoms with Crippen molar-refractivity contribution in [2.45, 2.75) is 45.6 Å². The predicted molar refractivity (Wildman–Crippen MR) is 74.9 cm³/mol. The van der Waals surface area contributed by atoms with Crippen LogP contribution in [0.1, 0.15) is 38.2 Å². The van der Waals surface area contributed by atoms with Gasteiger partial charge in [0.2, 0.25) is 5.88 Å². The van der Waals surface area contributed by atoms with Gasteiger partial charge < -0.3 is 15.2 Å². The van der Waals surface area contributed by atoms with E-state index in [2.05, 4.69) is 15.3 Å². The first-order chi connectivity index (χ1) is 9.61. The van der Waals surface area contributed by atoms with Crippen molar-refractivity contribution < 1.29 is 14.6 Å². The number of nitrogens with one attached hydrogen (secondary N) is 1. The summed E-state index contributed by atoms with van der Waals surface area (Å²) in [7, 11) is 0. The van der Waals surface area contributed by atoms with Crippen molar-refractivity contribution in [3.8, 4) is 5.88 Å². The van der Waals surface area contributed by atoms with Crippen molar-refractivity contribution >= 4 is 11.8 Å². The third-order valence-electron chi connectivity index (χ3n) is 3.68. The molecule has 2 rings (SSSR count). The smallest absolute Gasteiger partial charge is 0.306 e. The van der Waals surface area contributed by atoms with Gasteiger partial charge in [-0.1, -0.05) is 6.42 Å². The number of nitrogens with zero attached hydrogens (tertiary/aromatic N) is 2. The summed E-state index contributed by atoms with van der Waals surface area (Å²) < 4.78 is 5.44. The second-order valence-corrected chi connectivity index (χ2v) is 5.13. The molecule has 1 fully saturated rings. The van der Waals surface area contributed by atoms with Crippen molar-refractivity contribution in [1.82, 2.24) is 9.97 Å². The quantitative estimate of drug-likeness (QED) is 0.860. The number of ether oxygens (including phenoxy) is 1. The molecular weight excluding hydrogens is 258 g/mol. The number of rotatable bonds is 5. The molecule has 2 atom stereocenters. The average Bonchev–Trinajstić information content (AvgIpc) is 2.44. The molecule has 1 heterocycles. The zero-order valence-electron chi connectivity index (χ0n) is 11.9. The van der Waals surface area contributed by atoms with Gasteiger partial charge in [-0.3, -0.25) is 4.79 Å². The fourth-order valence-electron chi connectivity index (χ4n) is 2.60. The van der Waals surface area contributed by atoms with Gasteiger partial charge in [0.05, 0.1) is 18.1 Å². The fourth-order valence-corrected chi connectivity index (χ4v) is 2.60. The monoisotopic (exact) mass is 279 g/mol. The normalized spacial score (nSPS) is 22.3. The summed E-state index contributed by atoms with van der Waals surface area (Å²) in [5.41, 5.74) is 0.867. The zero-order valence-corrected chi connectivity index (χ0v) is 11.9. The fraction of sp³-hybridized carbons (Fsp3) is 0.643. The van der Waals surface area contributed by atoms with Gasteiger partial charge in [-0.05, 0) is 33.1 Å². The van der Waals surface area contributed by atoms with Crippen LogP contribution in [0, 0.1) is 12.8 Å². The van der Waals surface area contributed by atoms with Crippen molar-refractivity contribution in [1.29, 1.82) is 0 Å². The van der Waals surface area contributed by atoms with Gasteiger partial charge in [0.1, 0.15) is 12.1 Å². The minimum absolute atomic E-state index is 0.146. The summed E-state index contributed by atoms with van der Waals surface area (Å²) in [6.45, 7) is 4.37. The molecule has 6 heteroatoms. The lowest BCUT2D eigenvalue weighted by molar-refractivity contribution is -0.142. The Hall–Kier alpha value is -1.85. The SMILES string of the molecule is CCOc1ncnc(NC2CCCC(C(=O)O)C2)c1C. The zero-order chi connectivity index (χ0) is 14.5. The van der Waals surface area contributed by atoms with Gasteiger partial charge >= 0.3 is 5.97 Å². The van der Waals surface area contributed by atoms with E-state index in [4.69, 9.17) is 9.84 Å². The van der Waals surface area contributed by atoms with Gasteiger partial charge in [0.15, 0.2) is 0 Å². The highest BCUT2D eigenvalue weighted by atomic mass is 16.5. The second-order valence-electron chi connectivity index (χ2n) is 5.13. The van der Waals surface area contributed by atoms with Gasteiger partial charge in [-0.15, -0.1) is 0 Å². The van der Waals surface area contributed by atoms with Crippen molar-refractivity contribution in [3.63, 3.8) is 0 Å². The first-order valence-corrected chi connectivity index (χ1v) is 7.05. The number of carboxylic acid groups (broad SMARTS) is 1. The third kappa shape index (κ3) is 3.37.